The second-order valence-corrected chi connectivity index (χ2v) is 6.86. The van der Waals surface area contributed by atoms with Gasteiger partial charge in [-0.1, -0.05) is 0 Å². The average molecular weight is 375 g/mol. The van der Waals surface area contributed by atoms with Gasteiger partial charge in [-0.05, 0) is 19.1 Å². The van der Waals surface area contributed by atoms with Crippen molar-refractivity contribution in [1.82, 2.24) is 15.0 Å². The van der Waals surface area contributed by atoms with Crippen LogP contribution in [0.1, 0.15) is 21.6 Å². The molecule has 3 aromatic rings. The van der Waals surface area contributed by atoms with Crippen LogP contribution in [-0.2, 0) is 16.6 Å². The van der Waals surface area contributed by atoms with Crippen LogP contribution < -0.4 is 9.47 Å². The molecule has 0 aliphatic rings. The van der Waals surface area contributed by atoms with E-state index in [0.29, 0.717) is 27.7 Å². The Kier molecular flexibility index (Phi) is 4.90. The van der Waals surface area contributed by atoms with Gasteiger partial charge in [-0.25, -0.2) is 9.78 Å². The molecule has 0 bridgehead atoms. The Bertz CT molecular complexity index is 1020. The average Bonchev–Trinajstić information content (AvgIpc) is 3.06. The molecule has 0 unspecified atom stereocenters. The van der Waals surface area contributed by atoms with Crippen molar-refractivity contribution in [2.75, 3.05) is 14.2 Å². The number of nitrogens with zero attached hydrogens (tertiary/aromatic N) is 2. The normalized spacial score (nSPS) is 12.1. The van der Waals surface area contributed by atoms with E-state index in [1.807, 2.05) is 0 Å². The van der Waals surface area contributed by atoms with Crippen LogP contribution in [0.25, 0.3) is 11.0 Å². The number of carboxylic acids is 1. The van der Waals surface area contributed by atoms with E-state index in [4.69, 9.17) is 9.47 Å². The number of aromatic amines is 1. The smallest absolute Gasteiger partial charge is 0.341 e. The summed E-state index contributed by atoms with van der Waals surface area (Å²) < 4.78 is 23.0. The van der Waals surface area contributed by atoms with Crippen LogP contribution in [0.15, 0.2) is 29.6 Å². The number of hydrogen-bond acceptors (Lipinski definition) is 6. The van der Waals surface area contributed by atoms with Gasteiger partial charge in [0, 0.05) is 17.8 Å². The van der Waals surface area contributed by atoms with Gasteiger partial charge in [0.05, 0.1) is 47.5 Å². The highest BCUT2D eigenvalue weighted by Crippen LogP contribution is 2.27. The molecule has 0 amide bonds. The molecular formula is C17H17N3O5S. The molecular weight excluding hydrogens is 358 g/mol. The van der Waals surface area contributed by atoms with Gasteiger partial charge in [-0.15, -0.1) is 0 Å². The summed E-state index contributed by atoms with van der Waals surface area (Å²) in [6, 6.07) is 5.33. The number of carbonyl (C=O) groups is 1. The molecule has 2 N–H and O–H groups in total. The predicted molar refractivity (Wildman–Crippen MR) is 95.2 cm³/mol. The molecule has 0 spiro atoms. The van der Waals surface area contributed by atoms with Gasteiger partial charge in [0.15, 0.2) is 5.16 Å². The minimum atomic E-state index is -1.49. The highest BCUT2D eigenvalue weighted by molar-refractivity contribution is 7.84. The second kappa shape index (κ2) is 7.12. The first kappa shape index (κ1) is 17.9. The zero-order valence-corrected chi connectivity index (χ0v) is 15.2. The van der Waals surface area contributed by atoms with Crippen LogP contribution >= 0.6 is 0 Å². The Morgan fingerprint density at radius 2 is 2.08 bits per heavy atom. The van der Waals surface area contributed by atoms with Gasteiger partial charge in [0.1, 0.15) is 17.1 Å². The molecule has 26 heavy (non-hydrogen) atoms. The Hall–Kier alpha value is -2.94. The summed E-state index contributed by atoms with van der Waals surface area (Å²) in [6.07, 6.45) is 1.21. The zero-order valence-electron chi connectivity index (χ0n) is 14.4. The fourth-order valence-corrected chi connectivity index (χ4v) is 3.68. The topological polar surface area (TPSA) is 114 Å². The lowest BCUT2D eigenvalue weighted by Crippen LogP contribution is -2.08. The van der Waals surface area contributed by atoms with Gasteiger partial charge in [0.25, 0.3) is 0 Å². The molecule has 1 atom stereocenters. The molecule has 2 heterocycles. The molecule has 136 valence electrons. The summed E-state index contributed by atoms with van der Waals surface area (Å²) in [4.78, 5) is 22.7. The summed E-state index contributed by atoms with van der Waals surface area (Å²) >= 11 is 0. The zero-order chi connectivity index (χ0) is 18.8. The number of rotatable bonds is 6. The predicted octanol–water partition coefficient (Wildman–Crippen LogP) is 2.29. The lowest BCUT2D eigenvalue weighted by molar-refractivity contribution is 0.0692. The van der Waals surface area contributed by atoms with Crippen molar-refractivity contribution in [2.45, 2.75) is 17.8 Å². The van der Waals surface area contributed by atoms with Crippen molar-refractivity contribution in [3.05, 3.63) is 41.2 Å². The van der Waals surface area contributed by atoms with E-state index in [1.165, 1.54) is 13.3 Å². The Labute approximate surface area is 151 Å². The number of hydrogen-bond donors (Lipinski definition) is 2. The van der Waals surface area contributed by atoms with Crippen LogP contribution in [0, 0.1) is 6.92 Å². The standard InChI is InChI=1S/C17H17N3O5S/c1-9-14(18-7-11(16(21)22)15(9)25-3)8-26(23)17-19-12-5-4-10(24-2)6-13(12)20-17/h4-7H,8H2,1-3H3,(H,19,20)(H,21,22)/t26-/m0/s1. The fraction of sp³-hybridized carbons (Fsp3) is 0.235. The van der Waals surface area contributed by atoms with Gasteiger partial charge >= 0.3 is 5.97 Å². The first-order valence-electron chi connectivity index (χ1n) is 7.62. The summed E-state index contributed by atoms with van der Waals surface area (Å²) in [7, 11) is 1.47. The largest absolute Gasteiger partial charge is 0.497 e. The summed E-state index contributed by atoms with van der Waals surface area (Å²) in [6.45, 7) is 1.69. The summed E-state index contributed by atoms with van der Waals surface area (Å²) in [5, 5.41) is 9.51. The Morgan fingerprint density at radius 1 is 1.31 bits per heavy atom. The van der Waals surface area contributed by atoms with Crippen molar-refractivity contribution in [1.29, 1.82) is 0 Å². The lowest BCUT2D eigenvalue weighted by atomic mass is 10.1. The molecule has 1 aromatic carbocycles. The van der Waals surface area contributed by atoms with E-state index in [2.05, 4.69) is 15.0 Å². The molecule has 9 heteroatoms. The number of aromatic carboxylic acids is 1. The number of carboxylic acid groups (broad SMARTS) is 1. The fourth-order valence-electron chi connectivity index (χ4n) is 2.58. The van der Waals surface area contributed by atoms with Crippen LogP contribution in [0.2, 0.25) is 0 Å². The van der Waals surface area contributed by atoms with Gasteiger partial charge in [-0.3, -0.25) is 9.19 Å². The van der Waals surface area contributed by atoms with Crippen molar-refractivity contribution in [3.8, 4) is 11.5 Å². The van der Waals surface area contributed by atoms with E-state index >= 15 is 0 Å². The SMILES string of the molecule is COc1ccc2nc([S@@](=O)Cc3ncc(C(=O)O)c(OC)c3C)[nH]c2c1. The molecule has 0 aliphatic heterocycles. The van der Waals surface area contributed by atoms with E-state index in [-0.39, 0.29) is 17.1 Å². The maximum Gasteiger partial charge on any atom is 0.341 e. The highest BCUT2D eigenvalue weighted by atomic mass is 32.2. The van der Waals surface area contributed by atoms with E-state index in [9.17, 15) is 14.1 Å². The van der Waals surface area contributed by atoms with Crippen molar-refractivity contribution >= 4 is 27.8 Å². The lowest BCUT2D eigenvalue weighted by Gasteiger charge is -2.11. The molecule has 0 saturated carbocycles. The maximum absolute atomic E-state index is 12.7. The number of benzene rings is 1. The Morgan fingerprint density at radius 3 is 2.73 bits per heavy atom. The quantitative estimate of drug-likeness (QED) is 0.679. The van der Waals surface area contributed by atoms with Crippen molar-refractivity contribution in [3.63, 3.8) is 0 Å². The molecule has 0 fully saturated rings. The summed E-state index contributed by atoms with van der Waals surface area (Å²) in [5.41, 5.74) is 2.39. The number of ether oxygens (including phenoxy) is 2. The summed E-state index contributed by atoms with van der Waals surface area (Å²) in [5.74, 6) is -0.158. The molecule has 0 aliphatic carbocycles. The first-order chi connectivity index (χ1) is 12.4. The minimum absolute atomic E-state index is 0.0321. The highest BCUT2D eigenvalue weighted by Gasteiger charge is 2.20. The number of fused-ring (bicyclic) bond motifs is 1. The van der Waals surface area contributed by atoms with Crippen molar-refractivity contribution in [2.24, 2.45) is 0 Å². The number of methoxy groups -OCH3 is 2. The van der Waals surface area contributed by atoms with Crippen LogP contribution in [-0.4, -0.2) is 44.5 Å². The number of H-pyrrole nitrogens is 1. The van der Waals surface area contributed by atoms with Crippen LogP contribution in [0.5, 0.6) is 11.5 Å². The van der Waals surface area contributed by atoms with Gasteiger partial charge < -0.3 is 19.6 Å². The van der Waals surface area contributed by atoms with Crippen molar-refractivity contribution < 1.29 is 23.6 Å². The number of nitrogens with one attached hydrogen (secondary N) is 1. The minimum Gasteiger partial charge on any atom is -0.497 e. The van der Waals surface area contributed by atoms with Gasteiger partial charge in [0.2, 0.25) is 0 Å². The molecule has 3 rings (SSSR count). The van der Waals surface area contributed by atoms with E-state index in [0.717, 1.165) is 5.52 Å². The first-order valence-corrected chi connectivity index (χ1v) is 8.94. The van der Waals surface area contributed by atoms with E-state index < -0.39 is 16.8 Å². The van der Waals surface area contributed by atoms with Gasteiger partial charge in [-0.2, -0.15) is 0 Å². The molecule has 8 nitrogen and oxygen atoms in total. The number of imidazole rings is 1. The number of pyridine rings is 1. The van der Waals surface area contributed by atoms with Crippen LogP contribution in [0.3, 0.4) is 0 Å². The monoisotopic (exact) mass is 375 g/mol. The molecule has 2 aromatic heterocycles. The third-order valence-electron chi connectivity index (χ3n) is 3.95. The maximum atomic E-state index is 12.7. The second-order valence-electron chi connectivity index (χ2n) is 5.50. The van der Waals surface area contributed by atoms with Crippen LogP contribution in [0.4, 0.5) is 0 Å². The third-order valence-corrected chi connectivity index (χ3v) is 5.11. The molecule has 0 saturated heterocycles. The third kappa shape index (κ3) is 3.25. The molecule has 0 radical (unpaired) electrons. The van der Waals surface area contributed by atoms with E-state index in [1.54, 1.807) is 32.2 Å². The Balaban J connectivity index is 1.91. The number of aromatic nitrogens is 3.